The molecule has 130 valence electrons. The third-order valence-corrected chi connectivity index (χ3v) is 5.42. The van der Waals surface area contributed by atoms with Gasteiger partial charge in [-0.05, 0) is 53.6 Å². The molecule has 1 heterocycles. The third-order valence-electron chi connectivity index (χ3n) is 5.42. The zero-order valence-corrected chi connectivity index (χ0v) is 14.3. The lowest BCUT2D eigenvalue weighted by Crippen LogP contribution is -2.46. The number of nitrogens with one attached hydrogen (secondary N) is 1. The van der Waals surface area contributed by atoms with Crippen LogP contribution >= 0.6 is 0 Å². The summed E-state index contributed by atoms with van der Waals surface area (Å²) in [4.78, 5) is 25.9. The van der Waals surface area contributed by atoms with E-state index < -0.39 is 0 Å². The number of hydrogen-bond acceptors (Lipinski definition) is 3. The summed E-state index contributed by atoms with van der Waals surface area (Å²) in [5, 5.41) is 5.51. The van der Waals surface area contributed by atoms with Gasteiger partial charge in [0.2, 0.25) is 5.91 Å². The molecule has 0 bridgehead atoms. The average molecular weight is 337 g/mol. The largest absolute Gasteiger partial charge is 0.369 e. The van der Waals surface area contributed by atoms with Crippen molar-refractivity contribution in [2.75, 3.05) is 19.6 Å². The highest BCUT2D eigenvalue weighted by Gasteiger charge is 2.24. The van der Waals surface area contributed by atoms with E-state index in [-0.39, 0.29) is 17.9 Å². The second-order valence-corrected chi connectivity index (χ2v) is 7.10. The van der Waals surface area contributed by atoms with Crippen LogP contribution in [0.2, 0.25) is 0 Å². The van der Waals surface area contributed by atoms with Crippen LogP contribution in [0.5, 0.6) is 0 Å². The van der Waals surface area contributed by atoms with Crippen LogP contribution in [0.15, 0.2) is 30.3 Å². The van der Waals surface area contributed by atoms with Crippen molar-refractivity contribution in [3.05, 3.63) is 47.0 Å². The van der Waals surface area contributed by atoms with Crippen molar-refractivity contribution in [3.63, 3.8) is 0 Å². The zero-order chi connectivity index (χ0) is 17.4. The minimum absolute atomic E-state index is 0.00366. The number of primary amides is 1. The van der Waals surface area contributed by atoms with Gasteiger partial charge >= 0.3 is 0 Å². The Kier molecular flexibility index (Phi) is 4.17. The van der Waals surface area contributed by atoms with E-state index in [0.29, 0.717) is 6.54 Å². The molecule has 5 nitrogen and oxygen atoms in total. The molecule has 1 aliphatic heterocycles. The summed E-state index contributed by atoms with van der Waals surface area (Å²) >= 11 is 0. The molecule has 2 aromatic rings. The highest BCUT2D eigenvalue weighted by atomic mass is 16.2. The normalized spacial score (nSPS) is 17.8. The lowest BCUT2D eigenvalue weighted by molar-refractivity contribution is -0.119. The van der Waals surface area contributed by atoms with Gasteiger partial charge in [-0.1, -0.05) is 24.3 Å². The van der Waals surface area contributed by atoms with Crippen LogP contribution in [0.1, 0.15) is 34.3 Å². The molecule has 0 unspecified atom stereocenters. The Hall–Kier alpha value is -2.40. The fourth-order valence-electron chi connectivity index (χ4n) is 4.16. The number of carbonyl (C=O) groups excluding carboxylic acids is 2. The molecule has 5 heteroatoms. The number of likely N-dealkylation sites (tertiary alicyclic amines) is 1. The average Bonchev–Trinajstić information content (AvgIpc) is 3.02. The van der Waals surface area contributed by atoms with Crippen LogP contribution in [0, 0.1) is 0 Å². The van der Waals surface area contributed by atoms with Gasteiger partial charge in [0, 0.05) is 24.7 Å². The lowest BCUT2D eigenvalue weighted by Gasteiger charge is -2.31. The molecule has 1 saturated heterocycles. The van der Waals surface area contributed by atoms with Gasteiger partial charge in [0.05, 0.1) is 6.54 Å². The Morgan fingerprint density at radius 2 is 1.80 bits per heavy atom. The third kappa shape index (κ3) is 3.12. The molecule has 2 aliphatic rings. The Balaban J connectivity index is 1.48. The number of nitrogens with two attached hydrogens (primary N) is 1. The summed E-state index contributed by atoms with van der Waals surface area (Å²) < 4.78 is 0. The smallest absolute Gasteiger partial charge is 0.252 e. The Bertz CT molecular complexity index is 828. The predicted octanol–water partition coefficient (Wildman–Crippen LogP) is 1.62. The van der Waals surface area contributed by atoms with Gasteiger partial charge in [0.15, 0.2) is 0 Å². The van der Waals surface area contributed by atoms with Gasteiger partial charge in [-0.25, -0.2) is 0 Å². The van der Waals surface area contributed by atoms with E-state index in [1.54, 1.807) is 0 Å². The van der Waals surface area contributed by atoms with E-state index >= 15 is 0 Å². The maximum Gasteiger partial charge on any atom is 0.252 e. The van der Waals surface area contributed by atoms with E-state index in [2.05, 4.69) is 23.5 Å². The number of hydrogen-bond donors (Lipinski definition) is 2. The number of nitrogens with zero attached hydrogens (tertiary/aromatic N) is 1. The van der Waals surface area contributed by atoms with Crippen molar-refractivity contribution < 1.29 is 9.59 Å². The molecule has 2 amide bonds. The Labute approximate surface area is 147 Å². The number of piperidine rings is 1. The van der Waals surface area contributed by atoms with Gasteiger partial charge in [0.1, 0.15) is 0 Å². The van der Waals surface area contributed by atoms with Crippen molar-refractivity contribution in [2.45, 2.75) is 31.7 Å². The number of carbonyl (C=O) groups is 2. The first-order valence-electron chi connectivity index (χ1n) is 8.97. The first-order chi connectivity index (χ1) is 12.1. The fraction of sp³-hybridized carbons (Fsp3) is 0.400. The summed E-state index contributed by atoms with van der Waals surface area (Å²) in [7, 11) is 0. The van der Waals surface area contributed by atoms with Crippen LogP contribution in [0.3, 0.4) is 0 Å². The Morgan fingerprint density at radius 1 is 1.08 bits per heavy atom. The SMILES string of the molecule is NC(=O)CN1CCC(NC(=O)c2ccc3c4c(cccc24)CC3)CC1. The maximum absolute atomic E-state index is 12.8. The van der Waals surface area contributed by atoms with E-state index in [0.717, 1.165) is 49.7 Å². The Morgan fingerprint density at radius 3 is 2.52 bits per heavy atom. The van der Waals surface area contributed by atoms with E-state index in [1.165, 1.54) is 16.5 Å². The summed E-state index contributed by atoms with van der Waals surface area (Å²) in [5.74, 6) is -0.292. The van der Waals surface area contributed by atoms with E-state index in [9.17, 15) is 9.59 Å². The highest BCUT2D eigenvalue weighted by molar-refractivity contribution is 6.09. The molecule has 0 aromatic heterocycles. The van der Waals surface area contributed by atoms with Crippen molar-refractivity contribution in [3.8, 4) is 0 Å². The zero-order valence-electron chi connectivity index (χ0n) is 14.3. The number of benzene rings is 2. The maximum atomic E-state index is 12.8. The second kappa shape index (κ2) is 6.48. The topological polar surface area (TPSA) is 75.4 Å². The van der Waals surface area contributed by atoms with Crippen molar-refractivity contribution in [2.24, 2.45) is 5.73 Å². The molecule has 1 aliphatic carbocycles. The van der Waals surface area contributed by atoms with Crippen molar-refractivity contribution >= 4 is 22.6 Å². The summed E-state index contributed by atoms with van der Waals surface area (Å²) in [6.07, 6.45) is 3.83. The van der Waals surface area contributed by atoms with Crippen LogP contribution in [0.25, 0.3) is 10.8 Å². The molecule has 2 aromatic carbocycles. The molecule has 1 fully saturated rings. The van der Waals surface area contributed by atoms with Crippen LogP contribution < -0.4 is 11.1 Å². The van der Waals surface area contributed by atoms with Crippen LogP contribution in [-0.2, 0) is 17.6 Å². The molecular weight excluding hydrogens is 314 g/mol. The molecule has 0 atom stereocenters. The van der Waals surface area contributed by atoms with E-state index in [4.69, 9.17) is 5.73 Å². The van der Waals surface area contributed by atoms with E-state index in [1.807, 2.05) is 17.0 Å². The second-order valence-electron chi connectivity index (χ2n) is 7.10. The molecule has 0 spiro atoms. The number of rotatable bonds is 4. The summed E-state index contributed by atoms with van der Waals surface area (Å²) in [5.41, 5.74) is 8.71. The standard InChI is InChI=1S/C20H23N3O2/c21-18(24)12-23-10-8-15(9-11-23)22-20(25)17-7-6-14-5-4-13-2-1-3-16(17)19(13)14/h1-3,6-7,15H,4-5,8-12H2,(H2,21,24)(H,22,25). The molecule has 0 saturated carbocycles. The van der Waals surface area contributed by atoms with Gasteiger partial charge in [-0.2, -0.15) is 0 Å². The summed E-state index contributed by atoms with van der Waals surface area (Å²) in [6.45, 7) is 1.88. The highest BCUT2D eigenvalue weighted by Crippen LogP contribution is 2.32. The van der Waals surface area contributed by atoms with Crippen LogP contribution in [0.4, 0.5) is 0 Å². The van der Waals surface area contributed by atoms with Gasteiger partial charge in [0.25, 0.3) is 5.91 Å². The molecule has 3 N–H and O–H groups in total. The quantitative estimate of drug-likeness (QED) is 0.890. The predicted molar refractivity (Wildman–Crippen MR) is 97.5 cm³/mol. The fourth-order valence-corrected chi connectivity index (χ4v) is 4.16. The molecule has 0 radical (unpaired) electrons. The first kappa shape index (κ1) is 16.1. The van der Waals surface area contributed by atoms with Gasteiger partial charge < -0.3 is 11.1 Å². The van der Waals surface area contributed by atoms with Gasteiger partial charge in [-0.3, -0.25) is 14.5 Å². The minimum atomic E-state index is -0.296. The van der Waals surface area contributed by atoms with Crippen LogP contribution in [-0.4, -0.2) is 42.4 Å². The van der Waals surface area contributed by atoms with Crippen molar-refractivity contribution in [1.29, 1.82) is 0 Å². The number of aryl methyl sites for hydroxylation is 2. The monoisotopic (exact) mass is 337 g/mol. The summed E-state index contributed by atoms with van der Waals surface area (Å²) in [6, 6.07) is 10.5. The van der Waals surface area contributed by atoms with Crippen molar-refractivity contribution in [1.82, 2.24) is 10.2 Å². The first-order valence-corrected chi connectivity index (χ1v) is 8.97. The lowest BCUT2D eigenvalue weighted by atomic mass is 9.98. The van der Waals surface area contributed by atoms with Gasteiger partial charge in [-0.15, -0.1) is 0 Å². The minimum Gasteiger partial charge on any atom is -0.369 e. The number of amides is 2. The molecule has 25 heavy (non-hydrogen) atoms. The molecular formula is C20H23N3O2. The molecule has 4 rings (SSSR count).